The maximum atomic E-state index is 12.6. The Morgan fingerprint density at radius 1 is 1.13 bits per heavy atom. The number of nitrogens with zero attached hydrogens (tertiary/aromatic N) is 2. The van der Waals surface area contributed by atoms with Crippen molar-refractivity contribution < 1.29 is 23.9 Å². The van der Waals surface area contributed by atoms with Crippen molar-refractivity contribution in [3.63, 3.8) is 0 Å². The van der Waals surface area contributed by atoms with E-state index in [9.17, 15) is 19.2 Å². The summed E-state index contributed by atoms with van der Waals surface area (Å²) in [5.74, 6) is -1.18. The predicted molar refractivity (Wildman–Crippen MR) is 109 cm³/mol. The molecule has 0 saturated carbocycles. The number of rotatable bonds is 5. The van der Waals surface area contributed by atoms with Crippen molar-refractivity contribution in [2.24, 2.45) is 0 Å². The molecule has 1 unspecified atom stereocenters. The van der Waals surface area contributed by atoms with Crippen LogP contribution in [0, 0.1) is 0 Å². The predicted octanol–water partition coefficient (Wildman–Crippen LogP) is 1.17. The van der Waals surface area contributed by atoms with Crippen LogP contribution < -0.4 is 15.4 Å². The van der Waals surface area contributed by atoms with Crippen molar-refractivity contribution in [3.05, 3.63) is 58.8 Å². The van der Waals surface area contributed by atoms with Gasteiger partial charge in [-0.2, -0.15) is 0 Å². The summed E-state index contributed by atoms with van der Waals surface area (Å²) in [5.41, 5.74) is 2.55. The number of piperidine rings is 1. The highest BCUT2D eigenvalue weighted by molar-refractivity contribution is 6.10. The van der Waals surface area contributed by atoms with Crippen LogP contribution in [-0.4, -0.2) is 46.2 Å². The number of nitrogens with one attached hydrogen (secondary N) is 2. The highest BCUT2D eigenvalue weighted by atomic mass is 16.5. The molecule has 4 amide bonds. The zero-order valence-corrected chi connectivity index (χ0v) is 17.0. The second kappa shape index (κ2) is 8.65. The molecule has 3 heterocycles. The smallest absolute Gasteiger partial charge is 0.259 e. The number of amides is 4. The van der Waals surface area contributed by atoms with Gasteiger partial charge in [0.15, 0.2) is 0 Å². The number of carbonyl (C=O) groups is 4. The van der Waals surface area contributed by atoms with Crippen LogP contribution in [0.2, 0.25) is 0 Å². The summed E-state index contributed by atoms with van der Waals surface area (Å²) in [5, 5.41) is 4.74. The molecule has 160 valence electrons. The molecule has 1 saturated heterocycles. The van der Waals surface area contributed by atoms with Crippen LogP contribution in [0.3, 0.4) is 0 Å². The summed E-state index contributed by atoms with van der Waals surface area (Å²) in [6.45, 7) is 3.37. The molecule has 2 aliphatic rings. The number of ether oxygens (including phenoxy) is 1. The number of benzene rings is 1. The fraction of sp³-hybridized carbons (Fsp3) is 0.318. The van der Waals surface area contributed by atoms with Gasteiger partial charge in [-0.05, 0) is 42.7 Å². The third kappa shape index (κ3) is 4.46. The van der Waals surface area contributed by atoms with E-state index < -0.39 is 11.8 Å². The maximum Gasteiger partial charge on any atom is 0.259 e. The van der Waals surface area contributed by atoms with Crippen molar-refractivity contribution >= 4 is 23.6 Å². The average Bonchev–Trinajstić information content (AvgIpc) is 3.17. The second-order valence-electron chi connectivity index (χ2n) is 7.46. The number of hydrogen-bond donors (Lipinski definition) is 2. The van der Waals surface area contributed by atoms with E-state index in [0.717, 1.165) is 11.1 Å². The molecule has 31 heavy (non-hydrogen) atoms. The van der Waals surface area contributed by atoms with E-state index in [0.29, 0.717) is 44.0 Å². The van der Waals surface area contributed by atoms with Gasteiger partial charge in [0.25, 0.3) is 11.8 Å². The van der Waals surface area contributed by atoms with Gasteiger partial charge >= 0.3 is 0 Å². The van der Waals surface area contributed by atoms with E-state index in [-0.39, 0.29) is 23.4 Å². The molecule has 9 nitrogen and oxygen atoms in total. The fourth-order valence-corrected chi connectivity index (χ4v) is 3.81. The molecule has 2 N–H and O–H groups in total. The molecular weight excluding hydrogens is 400 g/mol. The highest BCUT2D eigenvalue weighted by Crippen LogP contribution is 2.28. The third-order valence-corrected chi connectivity index (χ3v) is 5.38. The Bertz CT molecular complexity index is 1050. The van der Waals surface area contributed by atoms with Gasteiger partial charge in [-0.25, -0.2) is 4.98 Å². The molecule has 2 aromatic rings. The van der Waals surface area contributed by atoms with Gasteiger partial charge in [0.05, 0.1) is 18.2 Å². The van der Waals surface area contributed by atoms with Crippen LogP contribution in [0.15, 0.2) is 36.5 Å². The summed E-state index contributed by atoms with van der Waals surface area (Å²) in [6, 6.07) is 7.98. The van der Waals surface area contributed by atoms with Crippen LogP contribution in [0.5, 0.6) is 5.88 Å². The molecule has 1 aromatic heterocycles. The normalized spacial score (nSPS) is 18.3. The SMILES string of the molecule is CCOc1ccc(C(=O)NC(=O)c2ccc3c(c2)CN(C2CCC(=O)NC2=O)C3)cn1. The molecule has 1 atom stereocenters. The number of carbonyl (C=O) groups excluding carboxylic acids is 4. The molecule has 2 aliphatic heterocycles. The summed E-state index contributed by atoms with van der Waals surface area (Å²) >= 11 is 0. The molecule has 0 bridgehead atoms. The number of hydrogen-bond acceptors (Lipinski definition) is 7. The van der Waals surface area contributed by atoms with Gasteiger partial charge in [0.2, 0.25) is 17.7 Å². The summed E-state index contributed by atoms with van der Waals surface area (Å²) in [7, 11) is 0. The molecule has 1 fully saturated rings. The zero-order valence-electron chi connectivity index (χ0n) is 17.0. The molecule has 0 aliphatic carbocycles. The van der Waals surface area contributed by atoms with Crippen molar-refractivity contribution in [1.29, 1.82) is 0 Å². The Kier molecular flexibility index (Phi) is 5.77. The van der Waals surface area contributed by atoms with E-state index in [1.54, 1.807) is 24.3 Å². The van der Waals surface area contributed by atoms with Crippen LogP contribution in [0.25, 0.3) is 0 Å². The number of aromatic nitrogens is 1. The Hall–Kier alpha value is -3.59. The number of imide groups is 2. The molecule has 4 rings (SSSR count). The van der Waals surface area contributed by atoms with Crippen molar-refractivity contribution in [3.8, 4) is 5.88 Å². The Balaban J connectivity index is 1.40. The molecule has 0 spiro atoms. The molecular formula is C22H22N4O5. The first kappa shape index (κ1) is 20.7. The average molecular weight is 422 g/mol. The first-order chi connectivity index (χ1) is 14.9. The van der Waals surface area contributed by atoms with E-state index in [1.807, 2.05) is 17.9 Å². The zero-order chi connectivity index (χ0) is 22.0. The molecule has 1 aromatic carbocycles. The van der Waals surface area contributed by atoms with E-state index in [2.05, 4.69) is 15.6 Å². The van der Waals surface area contributed by atoms with Crippen molar-refractivity contribution in [2.75, 3.05) is 6.61 Å². The highest BCUT2D eigenvalue weighted by Gasteiger charge is 2.34. The second-order valence-corrected chi connectivity index (χ2v) is 7.46. The van der Waals surface area contributed by atoms with Crippen LogP contribution in [0.4, 0.5) is 0 Å². The lowest BCUT2D eigenvalue weighted by atomic mass is 10.0. The minimum atomic E-state index is -0.550. The van der Waals surface area contributed by atoms with Crippen molar-refractivity contribution in [2.45, 2.75) is 38.9 Å². The standard InChI is InChI=1S/C22H22N4O5/c1-2-31-19-8-5-14(10-23-19)21(29)25-20(28)13-3-4-15-11-26(12-16(15)9-13)17-6-7-18(27)24-22(17)30/h3-5,8-10,17H,2,6-7,11-12H2,1H3,(H,24,27,30)(H,25,28,29). The van der Waals surface area contributed by atoms with Crippen LogP contribution in [0.1, 0.15) is 51.6 Å². The van der Waals surface area contributed by atoms with E-state index in [1.165, 1.54) is 6.20 Å². The van der Waals surface area contributed by atoms with E-state index in [4.69, 9.17) is 4.74 Å². The largest absolute Gasteiger partial charge is 0.478 e. The number of pyridine rings is 1. The summed E-state index contributed by atoms with van der Waals surface area (Å²) in [6.07, 6.45) is 2.16. The first-order valence-electron chi connectivity index (χ1n) is 10.1. The van der Waals surface area contributed by atoms with Gasteiger partial charge in [-0.15, -0.1) is 0 Å². The Morgan fingerprint density at radius 2 is 1.87 bits per heavy atom. The van der Waals surface area contributed by atoms with Crippen molar-refractivity contribution in [1.82, 2.24) is 20.5 Å². The summed E-state index contributed by atoms with van der Waals surface area (Å²) < 4.78 is 5.24. The monoisotopic (exact) mass is 422 g/mol. The van der Waals surface area contributed by atoms with E-state index >= 15 is 0 Å². The van der Waals surface area contributed by atoms with Gasteiger partial charge < -0.3 is 4.74 Å². The van der Waals surface area contributed by atoms with Crippen LogP contribution >= 0.6 is 0 Å². The first-order valence-corrected chi connectivity index (χ1v) is 10.1. The van der Waals surface area contributed by atoms with Gasteiger partial charge in [-0.1, -0.05) is 6.07 Å². The minimum Gasteiger partial charge on any atom is -0.478 e. The lowest BCUT2D eigenvalue weighted by molar-refractivity contribution is -0.137. The fourth-order valence-electron chi connectivity index (χ4n) is 3.81. The van der Waals surface area contributed by atoms with Crippen LogP contribution in [-0.2, 0) is 22.7 Å². The minimum absolute atomic E-state index is 0.246. The Labute approximate surface area is 178 Å². The van der Waals surface area contributed by atoms with Gasteiger partial charge in [0, 0.05) is 37.3 Å². The lowest BCUT2D eigenvalue weighted by Gasteiger charge is -2.29. The molecule has 0 radical (unpaired) electrons. The third-order valence-electron chi connectivity index (χ3n) is 5.38. The Morgan fingerprint density at radius 3 is 2.58 bits per heavy atom. The maximum absolute atomic E-state index is 12.6. The topological polar surface area (TPSA) is 118 Å². The molecule has 9 heteroatoms. The quantitative estimate of drug-likeness (QED) is 0.695. The summed E-state index contributed by atoms with van der Waals surface area (Å²) in [4.78, 5) is 54.5. The van der Waals surface area contributed by atoms with Gasteiger partial charge in [-0.3, -0.25) is 34.7 Å². The van der Waals surface area contributed by atoms with Gasteiger partial charge in [0.1, 0.15) is 0 Å². The number of fused-ring (bicyclic) bond motifs is 1. The lowest BCUT2D eigenvalue weighted by Crippen LogP contribution is -2.50.